The molecule has 1 aromatic carbocycles. The van der Waals surface area contributed by atoms with Crippen LogP contribution in [0.1, 0.15) is 44.1 Å². The molecule has 0 aliphatic heterocycles. The number of ether oxygens (including phenoxy) is 1. The zero-order valence-electron chi connectivity index (χ0n) is 11.0. The lowest BCUT2D eigenvalue weighted by Crippen LogP contribution is -2.56. The topological polar surface area (TPSA) is 26.3 Å². The second-order valence-corrected chi connectivity index (χ2v) is 6.69. The molecule has 0 N–H and O–H groups in total. The number of hydrogen-bond donors (Lipinski definition) is 0. The molecule has 2 saturated carbocycles. The first-order valence-electron chi connectivity index (χ1n) is 7.10. The van der Waals surface area contributed by atoms with Crippen LogP contribution in [0.25, 0.3) is 0 Å². The van der Waals surface area contributed by atoms with Gasteiger partial charge in [0, 0.05) is 10.9 Å². The van der Waals surface area contributed by atoms with Crippen LogP contribution >= 0.6 is 15.9 Å². The predicted molar refractivity (Wildman–Crippen MR) is 77.9 cm³/mol. The largest absolute Gasteiger partial charge is 0.372 e. The maximum absolute atomic E-state index is 12.0. The zero-order chi connectivity index (χ0) is 13.3. The normalized spacial score (nSPS) is 25.3. The van der Waals surface area contributed by atoms with Crippen molar-refractivity contribution in [2.75, 3.05) is 0 Å². The molecule has 0 radical (unpaired) electrons. The van der Waals surface area contributed by atoms with Gasteiger partial charge in [-0.05, 0) is 30.5 Å². The fourth-order valence-corrected chi connectivity index (χ4v) is 3.66. The standard InChI is InChI=1S/C16H19BrO2/c17-13-6-4-12(5-7-13)11-19-15-10-14(18)16(15)8-2-1-3-9-16/h4-7,15H,1-3,8-11H2. The first kappa shape index (κ1) is 13.3. The lowest BCUT2D eigenvalue weighted by Gasteiger charge is -2.49. The second kappa shape index (κ2) is 5.37. The van der Waals surface area contributed by atoms with Gasteiger partial charge in [0.1, 0.15) is 5.78 Å². The third-order valence-corrected chi connectivity index (χ3v) is 5.18. The van der Waals surface area contributed by atoms with E-state index in [2.05, 4.69) is 28.1 Å². The summed E-state index contributed by atoms with van der Waals surface area (Å²) in [6.45, 7) is 0.618. The van der Waals surface area contributed by atoms with Crippen LogP contribution < -0.4 is 0 Å². The van der Waals surface area contributed by atoms with Crippen molar-refractivity contribution in [1.82, 2.24) is 0 Å². The van der Waals surface area contributed by atoms with Gasteiger partial charge in [0.05, 0.1) is 18.1 Å². The average molecular weight is 323 g/mol. The van der Waals surface area contributed by atoms with Crippen LogP contribution in [0.4, 0.5) is 0 Å². The van der Waals surface area contributed by atoms with Crippen molar-refractivity contribution in [3.8, 4) is 0 Å². The number of benzene rings is 1. The van der Waals surface area contributed by atoms with Crippen LogP contribution in [0.15, 0.2) is 28.7 Å². The Morgan fingerprint density at radius 3 is 2.47 bits per heavy atom. The number of halogens is 1. The Morgan fingerprint density at radius 1 is 1.16 bits per heavy atom. The van der Waals surface area contributed by atoms with E-state index in [9.17, 15) is 4.79 Å². The molecule has 0 saturated heterocycles. The van der Waals surface area contributed by atoms with Crippen molar-refractivity contribution >= 4 is 21.7 Å². The van der Waals surface area contributed by atoms with Gasteiger partial charge in [0.15, 0.2) is 0 Å². The van der Waals surface area contributed by atoms with Gasteiger partial charge in [-0.25, -0.2) is 0 Å². The van der Waals surface area contributed by atoms with E-state index in [4.69, 9.17) is 4.74 Å². The first-order valence-corrected chi connectivity index (χ1v) is 7.89. The SMILES string of the molecule is O=C1CC(OCc2ccc(Br)cc2)C12CCCCC2. The molecule has 102 valence electrons. The lowest BCUT2D eigenvalue weighted by molar-refractivity contribution is -0.171. The number of Topliss-reactive ketones (excluding diaryl/α,β-unsaturated/α-hetero) is 1. The van der Waals surface area contributed by atoms with Crippen LogP contribution in [-0.2, 0) is 16.1 Å². The summed E-state index contributed by atoms with van der Waals surface area (Å²) in [4.78, 5) is 12.0. The number of rotatable bonds is 3. The number of carbonyl (C=O) groups excluding carboxylic acids is 1. The maximum atomic E-state index is 12.0. The van der Waals surface area contributed by atoms with Crippen molar-refractivity contribution in [2.24, 2.45) is 5.41 Å². The highest BCUT2D eigenvalue weighted by molar-refractivity contribution is 9.10. The molecule has 1 atom stereocenters. The van der Waals surface area contributed by atoms with E-state index >= 15 is 0 Å². The predicted octanol–water partition coefficient (Wildman–Crippen LogP) is 4.26. The Hall–Kier alpha value is -0.670. The summed E-state index contributed by atoms with van der Waals surface area (Å²) in [5, 5.41) is 0. The smallest absolute Gasteiger partial charge is 0.144 e. The molecule has 0 bridgehead atoms. The highest BCUT2D eigenvalue weighted by Crippen LogP contribution is 2.50. The molecular weight excluding hydrogens is 304 g/mol. The van der Waals surface area contributed by atoms with E-state index in [0.29, 0.717) is 18.8 Å². The Kier molecular flexibility index (Phi) is 3.77. The Bertz CT molecular complexity index is 460. The summed E-state index contributed by atoms with van der Waals surface area (Å²) in [6.07, 6.45) is 6.50. The lowest BCUT2D eigenvalue weighted by atomic mass is 9.57. The summed E-state index contributed by atoms with van der Waals surface area (Å²) in [6, 6.07) is 8.19. The maximum Gasteiger partial charge on any atom is 0.144 e. The van der Waals surface area contributed by atoms with E-state index in [1.807, 2.05) is 12.1 Å². The van der Waals surface area contributed by atoms with Crippen molar-refractivity contribution < 1.29 is 9.53 Å². The summed E-state index contributed by atoms with van der Waals surface area (Å²) in [5.74, 6) is 0.438. The quantitative estimate of drug-likeness (QED) is 0.831. The molecular formula is C16H19BrO2. The number of ketones is 1. The van der Waals surface area contributed by atoms with Gasteiger partial charge < -0.3 is 4.74 Å². The molecule has 0 heterocycles. The fourth-order valence-electron chi connectivity index (χ4n) is 3.39. The Morgan fingerprint density at radius 2 is 1.84 bits per heavy atom. The third kappa shape index (κ3) is 2.50. The number of carbonyl (C=O) groups is 1. The summed E-state index contributed by atoms with van der Waals surface area (Å²) < 4.78 is 7.11. The average Bonchev–Trinajstić information content (AvgIpc) is 2.46. The van der Waals surface area contributed by atoms with E-state index in [1.54, 1.807) is 0 Å². The van der Waals surface area contributed by atoms with Crippen molar-refractivity contribution in [3.05, 3.63) is 34.3 Å². The van der Waals surface area contributed by atoms with Crippen LogP contribution in [0, 0.1) is 5.41 Å². The minimum Gasteiger partial charge on any atom is -0.372 e. The van der Waals surface area contributed by atoms with Gasteiger partial charge in [0.25, 0.3) is 0 Å². The van der Waals surface area contributed by atoms with E-state index < -0.39 is 0 Å². The van der Waals surface area contributed by atoms with E-state index in [0.717, 1.165) is 17.3 Å². The Balaban J connectivity index is 1.61. The highest BCUT2D eigenvalue weighted by atomic mass is 79.9. The van der Waals surface area contributed by atoms with Gasteiger partial charge in [-0.3, -0.25) is 4.79 Å². The van der Waals surface area contributed by atoms with E-state index in [-0.39, 0.29) is 11.5 Å². The van der Waals surface area contributed by atoms with Crippen molar-refractivity contribution in [3.63, 3.8) is 0 Å². The molecule has 0 amide bonds. The molecule has 3 rings (SSSR count). The van der Waals surface area contributed by atoms with Gasteiger partial charge in [-0.15, -0.1) is 0 Å². The van der Waals surface area contributed by atoms with E-state index in [1.165, 1.54) is 24.8 Å². The third-order valence-electron chi connectivity index (χ3n) is 4.65. The molecule has 19 heavy (non-hydrogen) atoms. The summed E-state index contributed by atoms with van der Waals surface area (Å²) >= 11 is 3.43. The monoisotopic (exact) mass is 322 g/mol. The van der Waals surface area contributed by atoms with Crippen molar-refractivity contribution in [1.29, 1.82) is 0 Å². The van der Waals surface area contributed by atoms with Gasteiger partial charge in [-0.2, -0.15) is 0 Å². The molecule has 1 unspecified atom stereocenters. The summed E-state index contributed by atoms with van der Waals surface area (Å²) in [7, 11) is 0. The minimum atomic E-state index is -0.117. The van der Waals surface area contributed by atoms with Gasteiger partial charge in [0.2, 0.25) is 0 Å². The molecule has 2 fully saturated rings. The molecule has 2 aliphatic carbocycles. The first-order chi connectivity index (χ1) is 9.21. The molecule has 1 spiro atoms. The molecule has 1 aromatic rings. The second-order valence-electron chi connectivity index (χ2n) is 5.77. The highest BCUT2D eigenvalue weighted by Gasteiger charge is 2.55. The van der Waals surface area contributed by atoms with Crippen LogP contribution in [-0.4, -0.2) is 11.9 Å². The molecule has 2 aliphatic rings. The number of hydrogen-bond acceptors (Lipinski definition) is 2. The zero-order valence-corrected chi connectivity index (χ0v) is 12.6. The Labute approximate surface area is 122 Å². The molecule has 2 nitrogen and oxygen atoms in total. The van der Waals surface area contributed by atoms with Crippen LogP contribution in [0.3, 0.4) is 0 Å². The van der Waals surface area contributed by atoms with Crippen LogP contribution in [0.2, 0.25) is 0 Å². The van der Waals surface area contributed by atoms with Crippen molar-refractivity contribution in [2.45, 2.75) is 51.2 Å². The summed E-state index contributed by atoms with van der Waals surface area (Å²) in [5.41, 5.74) is 1.06. The van der Waals surface area contributed by atoms with Crippen LogP contribution in [0.5, 0.6) is 0 Å². The molecule has 0 aromatic heterocycles. The molecule has 3 heteroatoms. The minimum absolute atomic E-state index is 0.117. The van der Waals surface area contributed by atoms with Gasteiger partial charge >= 0.3 is 0 Å². The fraction of sp³-hybridized carbons (Fsp3) is 0.562. The van der Waals surface area contributed by atoms with Gasteiger partial charge in [-0.1, -0.05) is 47.3 Å².